The predicted molar refractivity (Wildman–Crippen MR) is 70.9 cm³/mol. The first kappa shape index (κ1) is 11.0. The molecule has 0 amide bonds. The molecule has 18 heavy (non-hydrogen) atoms. The van der Waals surface area contributed by atoms with Crippen LogP contribution in [0.4, 0.5) is 0 Å². The highest BCUT2D eigenvalue weighted by molar-refractivity contribution is 6.28. The fraction of sp³-hybridized carbons (Fsp3) is 0.0769. The van der Waals surface area contributed by atoms with Crippen molar-refractivity contribution in [3.05, 3.63) is 63.8 Å². The topological polar surface area (TPSA) is 50.7 Å². The summed E-state index contributed by atoms with van der Waals surface area (Å²) in [5, 5.41) is 0.116. The van der Waals surface area contributed by atoms with Crippen LogP contribution in [-0.2, 0) is 6.54 Å². The van der Waals surface area contributed by atoms with Gasteiger partial charge in [-0.25, -0.2) is 4.98 Å². The minimum absolute atomic E-state index is 0.116. The zero-order valence-electron chi connectivity index (χ0n) is 9.43. The van der Waals surface area contributed by atoms with Crippen molar-refractivity contribution < 1.29 is 0 Å². The van der Waals surface area contributed by atoms with E-state index in [-0.39, 0.29) is 10.8 Å². The van der Waals surface area contributed by atoms with Crippen molar-refractivity contribution in [2.75, 3.05) is 0 Å². The molecule has 0 radical (unpaired) electrons. The Bertz CT molecular complexity index is 746. The second kappa shape index (κ2) is 4.31. The quantitative estimate of drug-likeness (QED) is 0.719. The van der Waals surface area contributed by atoms with Crippen molar-refractivity contribution >= 4 is 22.6 Å². The van der Waals surface area contributed by atoms with Gasteiger partial charge in [-0.05, 0) is 23.2 Å². The lowest BCUT2D eigenvalue weighted by Gasteiger charge is -2.04. The summed E-state index contributed by atoms with van der Waals surface area (Å²) in [5.74, 6) is 0. The molecule has 90 valence electrons. The highest BCUT2D eigenvalue weighted by Gasteiger charge is 2.08. The van der Waals surface area contributed by atoms with Crippen molar-refractivity contribution in [2.45, 2.75) is 6.54 Å². The zero-order chi connectivity index (χ0) is 12.5. The average Bonchev–Trinajstić information content (AvgIpc) is 2.73. The van der Waals surface area contributed by atoms with Crippen molar-refractivity contribution in [3.8, 4) is 0 Å². The van der Waals surface area contributed by atoms with Gasteiger partial charge in [-0.2, -0.15) is 0 Å². The molecule has 3 aromatic rings. The molecule has 0 aliphatic heterocycles. The Hall–Kier alpha value is -2.07. The number of hydrogen-bond donors (Lipinski definition) is 1. The van der Waals surface area contributed by atoms with E-state index in [1.807, 2.05) is 41.1 Å². The molecule has 0 atom stereocenters. The molecule has 4 nitrogen and oxygen atoms in total. The third-order valence-corrected chi connectivity index (χ3v) is 2.97. The lowest BCUT2D eigenvalue weighted by Crippen LogP contribution is -2.12. The van der Waals surface area contributed by atoms with Gasteiger partial charge in [0.25, 0.3) is 5.56 Å². The van der Waals surface area contributed by atoms with E-state index in [1.54, 1.807) is 6.07 Å². The molecule has 0 aliphatic rings. The average molecular weight is 260 g/mol. The second-order valence-electron chi connectivity index (χ2n) is 4.02. The summed E-state index contributed by atoms with van der Waals surface area (Å²) in [5.41, 5.74) is 2.07. The Morgan fingerprint density at radius 1 is 1.22 bits per heavy atom. The molecule has 0 unspecified atom stereocenters. The SMILES string of the molecule is O=c1[nH]c(Cl)nc2ccn(Cc3ccccc3)c12. The summed E-state index contributed by atoms with van der Waals surface area (Å²) in [4.78, 5) is 18.5. The number of nitrogens with zero attached hydrogens (tertiary/aromatic N) is 2. The van der Waals surface area contributed by atoms with Crippen LogP contribution in [0, 0.1) is 0 Å². The lowest BCUT2D eigenvalue weighted by molar-refractivity contribution is 0.830. The van der Waals surface area contributed by atoms with Gasteiger partial charge in [0.15, 0.2) is 0 Å². The van der Waals surface area contributed by atoms with E-state index in [9.17, 15) is 4.79 Å². The molecule has 1 N–H and O–H groups in total. The van der Waals surface area contributed by atoms with Crippen LogP contribution in [-0.4, -0.2) is 14.5 Å². The standard InChI is InChI=1S/C13H10ClN3O/c14-13-15-10-6-7-17(11(10)12(18)16-13)8-9-4-2-1-3-5-9/h1-7H,8H2,(H,15,16,18). The first-order chi connectivity index (χ1) is 8.74. The molecule has 2 aromatic heterocycles. The van der Waals surface area contributed by atoms with Gasteiger partial charge in [0.2, 0.25) is 5.28 Å². The van der Waals surface area contributed by atoms with Crippen molar-refractivity contribution in [3.63, 3.8) is 0 Å². The van der Waals surface area contributed by atoms with Crippen LogP contribution in [0.5, 0.6) is 0 Å². The summed E-state index contributed by atoms with van der Waals surface area (Å²) in [6.45, 7) is 0.636. The van der Waals surface area contributed by atoms with Crippen LogP contribution >= 0.6 is 11.6 Å². The fourth-order valence-corrected chi connectivity index (χ4v) is 2.17. The maximum Gasteiger partial charge on any atom is 0.276 e. The molecule has 1 aromatic carbocycles. The van der Waals surface area contributed by atoms with E-state index in [0.29, 0.717) is 17.6 Å². The van der Waals surface area contributed by atoms with Gasteiger partial charge in [-0.3, -0.25) is 9.78 Å². The number of benzene rings is 1. The minimum atomic E-state index is -0.217. The van der Waals surface area contributed by atoms with E-state index >= 15 is 0 Å². The highest BCUT2D eigenvalue weighted by atomic mass is 35.5. The Balaban J connectivity index is 2.11. The third-order valence-electron chi connectivity index (χ3n) is 2.79. The first-order valence-electron chi connectivity index (χ1n) is 5.52. The smallest absolute Gasteiger partial charge is 0.276 e. The van der Waals surface area contributed by atoms with Gasteiger partial charge in [0.1, 0.15) is 5.52 Å². The van der Waals surface area contributed by atoms with E-state index < -0.39 is 0 Å². The summed E-state index contributed by atoms with van der Waals surface area (Å²) in [6.07, 6.45) is 1.84. The van der Waals surface area contributed by atoms with Gasteiger partial charge in [0.05, 0.1) is 5.52 Å². The van der Waals surface area contributed by atoms with E-state index in [1.165, 1.54) is 0 Å². The molecular weight excluding hydrogens is 250 g/mol. The Morgan fingerprint density at radius 2 is 2.00 bits per heavy atom. The number of nitrogens with one attached hydrogen (secondary N) is 1. The predicted octanol–water partition coefficient (Wildman–Crippen LogP) is 2.43. The number of aromatic amines is 1. The monoisotopic (exact) mass is 259 g/mol. The summed E-state index contributed by atoms with van der Waals surface area (Å²) < 4.78 is 1.87. The lowest BCUT2D eigenvalue weighted by atomic mass is 10.2. The van der Waals surface area contributed by atoms with Crippen LogP contribution < -0.4 is 5.56 Å². The summed E-state index contributed by atoms with van der Waals surface area (Å²) >= 11 is 5.72. The number of rotatable bonds is 2. The molecule has 0 aliphatic carbocycles. The molecule has 0 saturated carbocycles. The van der Waals surface area contributed by atoms with Crippen LogP contribution in [0.2, 0.25) is 5.28 Å². The van der Waals surface area contributed by atoms with E-state index in [0.717, 1.165) is 5.56 Å². The maximum atomic E-state index is 11.9. The Morgan fingerprint density at radius 3 is 2.78 bits per heavy atom. The maximum absolute atomic E-state index is 11.9. The molecular formula is C13H10ClN3O. The molecule has 0 fully saturated rings. The Labute approximate surface area is 108 Å². The van der Waals surface area contributed by atoms with Gasteiger partial charge in [-0.15, -0.1) is 0 Å². The summed E-state index contributed by atoms with van der Waals surface area (Å²) in [6, 6.07) is 11.7. The number of hydrogen-bond acceptors (Lipinski definition) is 2. The highest BCUT2D eigenvalue weighted by Crippen LogP contribution is 2.13. The number of fused-ring (bicyclic) bond motifs is 1. The van der Waals surface area contributed by atoms with Crippen molar-refractivity contribution in [1.82, 2.24) is 14.5 Å². The molecule has 3 rings (SSSR count). The normalized spacial score (nSPS) is 10.9. The Kier molecular flexibility index (Phi) is 2.64. The molecule has 5 heteroatoms. The van der Waals surface area contributed by atoms with E-state index in [2.05, 4.69) is 9.97 Å². The van der Waals surface area contributed by atoms with Crippen molar-refractivity contribution in [2.24, 2.45) is 0 Å². The summed E-state index contributed by atoms with van der Waals surface area (Å²) in [7, 11) is 0. The van der Waals surface area contributed by atoms with Crippen LogP contribution in [0.15, 0.2) is 47.4 Å². The van der Waals surface area contributed by atoms with Crippen LogP contribution in [0.3, 0.4) is 0 Å². The molecule has 0 spiro atoms. The second-order valence-corrected chi connectivity index (χ2v) is 4.38. The van der Waals surface area contributed by atoms with Crippen LogP contribution in [0.1, 0.15) is 5.56 Å². The van der Waals surface area contributed by atoms with Crippen molar-refractivity contribution in [1.29, 1.82) is 0 Å². The molecule has 2 heterocycles. The fourth-order valence-electron chi connectivity index (χ4n) is 2.00. The van der Waals surface area contributed by atoms with Gasteiger partial charge < -0.3 is 4.57 Å². The third kappa shape index (κ3) is 1.91. The minimum Gasteiger partial charge on any atom is -0.337 e. The van der Waals surface area contributed by atoms with Gasteiger partial charge in [0, 0.05) is 12.7 Å². The number of H-pyrrole nitrogens is 1. The largest absolute Gasteiger partial charge is 0.337 e. The molecule has 0 saturated heterocycles. The zero-order valence-corrected chi connectivity index (χ0v) is 10.2. The molecule has 0 bridgehead atoms. The first-order valence-corrected chi connectivity index (χ1v) is 5.90. The van der Waals surface area contributed by atoms with Crippen LogP contribution in [0.25, 0.3) is 11.0 Å². The van der Waals surface area contributed by atoms with Gasteiger partial charge in [-0.1, -0.05) is 30.3 Å². The number of aromatic nitrogens is 3. The van der Waals surface area contributed by atoms with Gasteiger partial charge >= 0.3 is 0 Å². The van der Waals surface area contributed by atoms with E-state index in [4.69, 9.17) is 11.6 Å². The number of halogens is 1.